The van der Waals surface area contributed by atoms with Crippen molar-refractivity contribution in [3.63, 3.8) is 0 Å². The highest BCUT2D eigenvalue weighted by molar-refractivity contribution is 7.89. The molecule has 0 bridgehead atoms. The van der Waals surface area contributed by atoms with Gasteiger partial charge >= 0.3 is 0 Å². The molecule has 30 heavy (non-hydrogen) atoms. The van der Waals surface area contributed by atoms with E-state index >= 15 is 0 Å². The number of hydrogen-bond donors (Lipinski definition) is 2. The van der Waals surface area contributed by atoms with E-state index in [1.165, 1.54) is 25.5 Å². The van der Waals surface area contributed by atoms with Crippen molar-refractivity contribution in [2.24, 2.45) is 0 Å². The smallest absolute Gasteiger partial charge is 0.240 e. The SMILES string of the molecule is CNS(=O)(=O)c1ccc(OC(C)C)c(Nc2ncnc3cc(OC)c(OC)cc23)c1. The number of nitrogens with zero attached hydrogens (tertiary/aromatic N) is 2. The molecule has 2 N–H and O–H groups in total. The summed E-state index contributed by atoms with van der Waals surface area (Å²) < 4.78 is 43.4. The molecule has 0 saturated carbocycles. The van der Waals surface area contributed by atoms with Gasteiger partial charge < -0.3 is 19.5 Å². The van der Waals surface area contributed by atoms with E-state index in [1.54, 1.807) is 32.4 Å². The summed E-state index contributed by atoms with van der Waals surface area (Å²) in [5.41, 5.74) is 1.09. The molecule has 0 saturated heterocycles. The third kappa shape index (κ3) is 4.39. The van der Waals surface area contributed by atoms with E-state index in [4.69, 9.17) is 14.2 Å². The molecule has 0 aliphatic rings. The lowest BCUT2D eigenvalue weighted by molar-refractivity contribution is 0.243. The molecular weight excluding hydrogens is 408 g/mol. The second kappa shape index (κ2) is 8.72. The molecule has 0 unspecified atom stereocenters. The number of benzene rings is 2. The van der Waals surface area contributed by atoms with Gasteiger partial charge in [0.05, 0.1) is 36.4 Å². The summed E-state index contributed by atoms with van der Waals surface area (Å²) in [6.07, 6.45) is 1.30. The number of fused-ring (bicyclic) bond motifs is 1. The van der Waals surface area contributed by atoms with Crippen molar-refractivity contribution in [3.8, 4) is 17.2 Å². The molecule has 160 valence electrons. The number of sulfonamides is 1. The molecule has 3 aromatic rings. The Hall–Kier alpha value is -3.11. The lowest BCUT2D eigenvalue weighted by Crippen LogP contribution is -2.19. The van der Waals surface area contributed by atoms with Gasteiger partial charge in [-0.2, -0.15) is 0 Å². The van der Waals surface area contributed by atoms with Crippen LogP contribution in [0.25, 0.3) is 10.9 Å². The molecule has 9 nitrogen and oxygen atoms in total. The van der Waals surface area contributed by atoms with Crippen molar-refractivity contribution in [1.82, 2.24) is 14.7 Å². The average Bonchev–Trinajstić information content (AvgIpc) is 2.73. The predicted octanol–water partition coefficient (Wildman–Crippen LogP) is 3.09. The Morgan fingerprint density at radius 1 is 0.967 bits per heavy atom. The summed E-state index contributed by atoms with van der Waals surface area (Å²) in [4.78, 5) is 8.71. The van der Waals surface area contributed by atoms with Crippen LogP contribution in [-0.4, -0.2) is 45.8 Å². The maximum atomic E-state index is 12.3. The Bertz CT molecular complexity index is 1170. The minimum atomic E-state index is -3.64. The lowest BCUT2D eigenvalue weighted by Gasteiger charge is -2.17. The summed E-state index contributed by atoms with van der Waals surface area (Å²) in [5.74, 6) is 2.02. The van der Waals surface area contributed by atoms with Crippen LogP contribution in [-0.2, 0) is 10.0 Å². The van der Waals surface area contributed by atoms with Crippen molar-refractivity contribution >= 4 is 32.4 Å². The largest absolute Gasteiger partial charge is 0.493 e. The molecule has 0 spiro atoms. The molecule has 1 heterocycles. The summed E-state index contributed by atoms with van der Waals surface area (Å²) in [5, 5.41) is 3.86. The first-order chi connectivity index (χ1) is 14.3. The summed E-state index contributed by atoms with van der Waals surface area (Å²) in [6.45, 7) is 3.78. The van der Waals surface area contributed by atoms with Gasteiger partial charge in [0.25, 0.3) is 0 Å². The topological polar surface area (TPSA) is 112 Å². The molecule has 0 amide bonds. The molecule has 0 atom stereocenters. The van der Waals surface area contributed by atoms with E-state index in [0.29, 0.717) is 39.7 Å². The third-order valence-corrected chi connectivity index (χ3v) is 5.70. The van der Waals surface area contributed by atoms with Crippen LogP contribution in [0.4, 0.5) is 11.5 Å². The Labute approximate surface area is 175 Å². The van der Waals surface area contributed by atoms with Crippen molar-refractivity contribution in [2.45, 2.75) is 24.8 Å². The fourth-order valence-corrected chi connectivity index (χ4v) is 3.61. The molecule has 0 aliphatic carbocycles. The van der Waals surface area contributed by atoms with E-state index in [9.17, 15) is 8.42 Å². The Morgan fingerprint density at radius 3 is 2.30 bits per heavy atom. The minimum Gasteiger partial charge on any atom is -0.493 e. The molecule has 0 aliphatic heterocycles. The van der Waals surface area contributed by atoms with Gasteiger partial charge in [0, 0.05) is 11.5 Å². The van der Waals surface area contributed by atoms with Crippen molar-refractivity contribution in [2.75, 3.05) is 26.6 Å². The zero-order valence-corrected chi connectivity index (χ0v) is 18.2. The number of nitrogens with one attached hydrogen (secondary N) is 2. The molecule has 3 rings (SSSR count). The van der Waals surface area contributed by atoms with E-state index in [1.807, 2.05) is 13.8 Å². The standard InChI is InChI=1S/C20H24N4O5S/c1-12(2)29-17-7-6-13(30(25,26)21-3)8-16(17)24-20-14-9-18(27-4)19(28-5)10-15(14)22-11-23-20/h6-12,21H,1-5H3,(H,22,23,24). The van der Waals surface area contributed by atoms with Crippen molar-refractivity contribution < 1.29 is 22.6 Å². The summed E-state index contributed by atoms with van der Waals surface area (Å²) in [6, 6.07) is 8.10. The molecule has 0 fully saturated rings. The Morgan fingerprint density at radius 2 is 1.67 bits per heavy atom. The van der Waals surface area contributed by atoms with Crippen LogP contribution < -0.4 is 24.2 Å². The monoisotopic (exact) mass is 432 g/mol. The summed E-state index contributed by atoms with van der Waals surface area (Å²) >= 11 is 0. The summed E-state index contributed by atoms with van der Waals surface area (Å²) in [7, 11) is 0.816. The second-order valence-corrected chi connectivity index (χ2v) is 8.49. The fraction of sp³-hybridized carbons (Fsp3) is 0.300. The van der Waals surface area contributed by atoms with Gasteiger partial charge in [-0.15, -0.1) is 0 Å². The maximum Gasteiger partial charge on any atom is 0.240 e. The van der Waals surface area contributed by atoms with Crippen LogP contribution >= 0.6 is 0 Å². The van der Waals surface area contributed by atoms with Gasteiger partial charge in [0.2, 0.25) is 10.0 Å². The van der Waals surface area contributed by atoms with E-state index in [-0.39, 0.29) is 11.0 Å². The van der Waals surface area contributed by atoms with Crippen LogP contribution in [0.5, 0.6) is 17.2 Å². The van der Waals surface area contributed by atoms with Crippen LogP contribution in [0.1, 0.15) is 13.8 Å². The van der Waals surface area contributed by atoms with Crippen LogP contribution in [0.3, 0.4) is 0 Å². The molecule has 10 heteroatoms. The highest BCUT2D eigenvalue weighted by Gasteiger charge is 2.17. The number of methoxy groups -OCH3 is 2. The zero-order valence-electron chi connectivity index (χ0n) is 17.4. The van der Waals surface area contributed by atoms with E-state index in [2.05, 4.69) is 20.0 Å². The molecule has 2 aromatic carbocycles. The van der Waals surface area contributed by atoms with E-state index in [0.717, 1.165) is 0 Å². The second-order valence-electron chi connectivity index (χ2n) is 6.60. The van der Waals surface area contributed by atoms with Gasteiger partial charge in [0.1, 0.15) is 17.9 Å². The number of ether oxygens (including phenoxy) is 3. The molecular formula is C20H24N4O5S. The minimum absolute atomic E-state index is 0.0983. The number of hydrogen-bond acceptors (Lipinski definition) is 8. The van der Waals surface area contributed by atoms with E-state index < -0.39 is 10.0 Å². The Kier molecular flexibility index (Phi) is 6.28. The van der Waals surface area contributed by atoms with Gasteiger partial charge in [-0.3, -0.25) is 0 Å². The fourth-order valence-electron chi connectivity index (χ4n) is 2.86. The van der Waals surface area contributed by atoms with Crippen LogP contribution in [0, 0.1) is 0 Å². The van der Waals surface area contributed by atoms with Gasteiger partial charge in [-0.1, -0.05) is 0 Å². The number of rotatable bonds is 8. The average molecular weight is 433 g/mol. The normalized spacial score (nSPS) is 11.5. The van der Waals surface area contributed by atoms with Gasteiger partial charge in [0.15, 0.2) is 11.5 Å². The predicted molar refractivity (Wildman–Crippen MR) is 114 cm³/mol. The Balaban J connectivity index is 2.14. The maximum absolute atomic E-state index is 12.3. The van der Waals surface area contributed by atoms with Crippen molar-refractivity contribution in [1.29, 1.82) is 0 Å². The number of aromatic nitrogens is 2. The first-order valence-corrected chi connectivity index (χ1v) is 10.7. The molecule has 1 aromatic heterocycles. The third-order valence-electron chi connectivity index (χ3n) is 4.29. The van der Waals surface area contributed by atoms with Crippen LogP contribution in [0.15, 0.2) is 41.6 Å². The molecule has 0 radical (unpaired) electrons. The highest BCUT2D eigenvalue weighted by Crippen LogP contribution is 2.36. The first kappa shape index (κ1) is 21.6. The zero-order chi connectivity index (χ0) is 21.9. The lowest BCUT2D eigenvalue weighted by atomic mass is 10.2. The van der Waals surface area contributed by atoms with Gasteiger partial charge in [-0.05, 0) is 45.2 Å². The van der Waals surface area contributed by atoms with Crippen molar-refractivity contribution in [3.05, 3.63) is 36.7 Å². The highest BCUT2D eigenvalue weighted by atomic mass is 32.2. The number of anilines is 2. The quantitative estimate of drug-likeness (QED) is 0.559. The van der Waals surface area contributed by atoms with Gasteiger partial charge in [-0.25, -0.2) is 23.1 Å². The van der Waals surface area contributed by atoms with Crippen LogP contribution in [0.2, 0.25) is 0 Å². The first-order valence-electron chi connectivity index (χ1n) is 9.17.